The highest BCUT2D eigenvalue weighted by atomic mass is 16.4. The lowest BCUT2D eigenvalue weighted by Crippen LogP contribution is -2.74. The van der Waals surface area contributed by atoms with Crippen LogP contribution in [0.25, 0.3) is 0 Å². The highest BCUT2D eigenvalue weighted by Gasteiger charge is 2.65. The fourth-order valence-electron chi connectivity index (χ4n) is 1.68. The van der Waals surface area contributed by atoms with Crippen LogP contribution in [0.3, 0.4) is 0 Å². The van der Waals surface area contributed by atoms with Crippen LogP contribution >= 0.6 is 0 Å². The standard InChI is InChI=1S/C9H13N3O10/c10-1-2-11-3(4(13)14)9(5(15)16,6(17)18)12(7(19)20)8(21)22/h3,11H,1-2,10H2,(H,13,14)(H,15,16)(H,17,18)(H,19,20)(H,21,22). The molecule has 22 heavy (non-hydrogen) atoms. The molecular weight excluding hydrogens is 310 g/mol. The first kappa shape index (κ1) is 19.1. The Bertz CT molecular complexity index is 476. The van der Waals surface area contributed by atoms with Crippen molar-refractivity contribution in [2.75, 3.05) is 13.1 Å². The number of nitrogens with zero attached hydrogens (tertiary/aromatic N) is 1. The SMILES string of the molecule is NCCNC(C(=O)O)C(C(=O)O)(C(=O)O)N(C(=O)O)C(=O)O. The minimum atomic E-state index is -3.85. The lowest BCUT2D eigenvalue weighted by molar-refractivity contribution is -0.172. The van der Waals surface area contributed by atoms with Crippen molar-refractivity contribution >= 4 is 30.1 Å². The van der Waals surface area contributed by atoms with Gasteiger partial charge in [0.25, 0.3) is 5.54 Å². The predicted octanol–water partition coefficient (Wildman–Crippen LogP) is -2.45. The van der Waals surface area contributed by atoms with Crippen molar-refractivity contribution in [1.82, 2.24) is 10.2 Å². The van der Waals surface area contributed by atoms with E-state index in [2.05, 4.69) is 0 Å². The summed E-state index contributed by atoms with van der Waals surface area (Å²) >= 11 is 0. The molecule has 13 nitrogen and oxygen atoms in total. The third-order valence-electron chi connectivity index (χ3n) is 2.54. The van der Waals surface area contributed by atoms with Gasteiger partial charge in [-0.15, -0.1) is 0 Å². The average molecular weight is 323 g/mol. The molecule has 0 fully saturated rings. The maximum absolute atomic E-state index is 11.3. The summed E-state index contributed by atoms with van der Waals surface area (Å²) in [5, 5.41) is 46.7. The van der Waals surface area contributed by atoms with Crippen LogP contribution in [0.2, 0.25) is 0 Å². The van der Waals surface area contributed by atoms with Gasteiger partial charge >= 0.3 is 30.1 Å². The third-order valence-corrected chi connectivity index (χ3v) is 2.54. The molecule has 13 heteroatoms. The van der Waals surface area contributed by atoms with Crippen LogP contribution in [0.1, 0.15) is 0 Å². The van der Waals surface area contributed by atoms with E-state index in [1.165, 1.54) is 0 Å². The fourth-order valence-corrected chi connectivity index (χ4v) is 1.68. The molecule has 0 bridgehead atoms. The molecule has 8 N–H and O–H groups in total. The monoisotopic (exact) mass is 323 g/mol. The smallest absolute Gasteiger partial charge is 0.418 e. The molecule has 0 aromatic carbocycles. The van der Waals surface area contributed by atoms with E-state index < -0.39 is 53.1 Å². The van der Waals surface area contributed by atoms with Gasteiger partial charge < -0.3 is 36.6 Å². The van der Waals surface area contributed by atoms with Crippen molar-refractivity contribution in [3.63, 3.8) is 0 Å². The van der Waals surface area contributed by atoms with E-state index >= 15 is 0 Å². The van der Waals surface area contributed by atoms with Gasteiger partial charge in [-0.2, -0.15) is 4.90 Å². The molecule has 0 heterocycles. The van der Waals surface area contributed by atoms with E-state index in [0.29, 0.717) is 0 Å². The van der Waals surface area contributed by atoms with Gasteiger partial charge in [-0.05, 0) is 0 Å². The lowest BCUT2D eigenvalue weighted by atomic mass is 9.88. The number of amides is 2. The zero-order chi connectivity index (χ0) is 17.7. The highest BCUT2D eigenvalue weighted by molar-refractivity contribution is 6.13. The van der Waals surface area contributed by atoms with Crippen LogP contribution in [-0.2, 0) is 14.4 Å². The zero-order valence-electron chi connectivity index (χ0n) is 10.8. The summed E-state index contributed by atoms with van der Waals surface area (Å²) in [6.45, 7) is -0.661. The molecular formula is C9H13N3O10. The Morgan fingerprint density at radius 3 is 1.59 bits per heavy atom. The summed E-state index contributed by atoms with van der Waals surface area (Å²) < 4.78 is 0. The summed E-state index contributed by atoms with van der Waals surface area (Å²) in [5.74, 6) is -7.09. The number of nitrogens with one attached hydrogen (secondary N) is 1. The number of rotatable bonds is 8. The van der Waals surface area contributed by atoms with Crippen molar-refractivity contribution in [2.24, 2.45) is 5.73 Å². The number of hydrogen-bond donors (Lipinski definition) is 7. The second kappa shape index (κ2) is 7.19. The summed E-state index contributed by atoms with van der Waals surface area (Å²) in [6, 6.07) is -2.61. The first-order chi connectivity index (χ1) is 10.0. The number of aliphatic carboxylic acids is 3. The number of carbonyl (C=O) groups is 5. The van der Waals surface area contributed by atoms with Crippen LogP contribution in [0, 0.1) is 0 Å². The van der Waals surface area contributed by atoms with Gasteiger partial charge in [-0.1, -0.05) is 0 Å². The molecule has 1 unspecified atom stereocenters. The van der Waals surface area contributed by atoms with E-state index in [1.807, 2.05) is 5.32 Å². The van der Waals surface area contributed by atoms with E-state index in [9.17, 15) is 24.0 Å². The Labute approximate surface area is 121 Å². The minimum Gasteiger partial charge on any atom is -0.480 e. The molecule has 0 aliphatic rings. The van der Waals surface area contributed by atoms with Crippen LogP contribution in [0.4, 0.5) is 9.59 Å². The predicted molar refractivity (Wildman–Crippen MR) is 64.4 cm³/mol. The topological polar surface area (TPSA) is 228 Å². The Morgan fingerprint density at radius 2 is 1.36 bits per heavy atom. The molecule has 0 radical (unpaired) electrons. The third kappa shape index (κ3) is 3.21. The molecule has 0 rings (SSSR count). The second-order valence-electron chi connectivity index (χ2n) is 3.79. The Balaban J connectivity index is 6.46. The molecule has 1 atom stereocenters. The van der Waals surface area contributed by atoms with Crippen molar-refractivity contribution in [1.29, 1.82) is 0 Å². The van der Waals surface area contributed by atoms with E-state index in [1.54, 1.807) is 0 Å². The normalized spacial score (nSPS) is 12.2. The second-order valence-corrected chi connectivity index (χ2v) is 3.79. The molecule has 124 valence electrons. The molecule has 2 amide bonds. The van der Waals surface area contributed by atoms with Gasteiger partial charge in [-0.25, -0.2) is 19.2 Å². The molecule has 0 saturated heterocycles. The van der Waals surface area contributed by atoms with E-state index in [0.717, 1.165) is 0 Å². The maximum atomic E-state index is 11.3. The number of carboxylic acids is 3. The number of imide groups is 1. The van der Waals surface area contributed by atoms with Gasteiger partial charge in [0.2, 0.25) is 0 Å². The van der Waals surface area contributed by atoms with Crippen molar-refractivity contribution in [3.05, 3.63) is 0 Å². The Morgan fingerprint density at radius 1 is 0.955 bits per heavy atom. The van der Waals surface area contributed by atoms with Crippen LogP contribution in [0.5, 0.6) is 0 Å². The number of hydrogen-bond acceptors (Lipinski definition) is 7. The molecule has 0 aliphatic carbocycles. The fraction of sp³-hybridized carbons (Fsp3) is 0.444. The molecule has 0 saturated carbocycles. The van der Waals surface area contributed by atoms with Gasteiger partial charge in [0.05, 0.1) is 0 Å². The largest absolute Gasteiger partial charge is 0.480 e. The maximum Gasteiger partial charge on any atom is 0.418 e. The Kier molecular flexibility index (Phi) is 6.23. The highest BCUT2D eigenvalue weighted by Crippen LogP contribution is 2.23. The molecule has 0 aromatic heterocycles. The van der Waals surface area contributed by atoms with Crippen LogP contribution in [0.15, 0.2) is 0 Å². The van der Waals surface area contributed by atoms with Crippen LogP contribution in [-0.4, -0.2) is 85.2 Å². The van der Waals surface area contributed by atoms with Gasteiger partial charge in [-0.3, -0.25) is 4.79 Å². The minimum absolute atomic E-state index is 0.251. The quantitative estimate of drug-likeness (QED) is 0.231. The van der Waals surface area contributed by atoms with Crippen molar-refractivity contribution in [3.8, 4) is 0 Å². The lowest BCUT2D eigenvalue weighted by Gasteiger charge is -2.36. The van der Waals surface area contributed by atoms with Gasteiger partial charge in [0, 0.05) is 13.1 Å². The van der Waals surface area contributed by atoms with E-state index in [4.69, 9.17) is 31.3 Å². The summed E-state index contributed by atoms with van der Waals surface area (Å²) in [4.78, 5) is 54.8. The summed E-state index contributed by atoms with van der Waals surface area (Å²) in [5.41, 5.74) is 1.22. The molecule has 0 aromatic rings. The zero-order valence-corrected chi connectivity index (χ0v) is 10.8. The van der Waals surface area contributed by atoms with Crippen molar-refractivity contribution < 1.29 is 49.5 Å². The number of nitrogens with two attached hydrogens (primary N) is 1. The first-order valence-corrected chi connectivity index (χ1v) is 5.44. The van der Waals surface area contributed by atoms with E-state index in [-0.39, 0.29) is 6.54 Å². The van der Waals surface area contributed by atoms with Gasteiger partial charge in [0.15, 0.2) is 6.04 Å². The van der Waals surface area contributed by atoms with Gasteiger partial charge in [0.1, 0.15) is 0 Å². The summed E-state index contributed by atoms with van der Waals surface area (Å²) in [7, 11) is 0. The average Bonchev–Trinajstić information content (AvgIpc) is 2.35. The molecule has 0 spiro atoms. The van der Waals surface area contributed by atoms with Crippen LogP contribution < -0.4 is 11.1 Å². The Hall–Kier alpha value is -2.93. The first-order valence-electron chi connectivity index (χ1n) is 5.44. The van der Waals surface area contributed by atoms with Crippen molar-refractivity contribution in [2.45, 2.75) is 11.6 Å². The number of carboxylic acid groups (broad SMARTS) is 5. The molecule has 0 aliphatic heterocycles. The summed E-state index contributed by atoms with van der Waals surface area (Å²) in [6.07, 6.45) is -4.95.